The van der Waals surface area contributed by atoms with Gasteiger partial charge in [-0.05, 0) is 53.1 Å². The van der Waals surface area contributed by atoms with Gasteiger partial charge in [0.25, 0.3) is 0 Å². The quantitative estimate of drug-likeness (QED) is 0.522. The van der Waals surface area contributed by atoms with E-state index >= 15 is 0 Å². The van der Waals surface area contributed by atoms with E-state index in [-0.39, 0.29) is 29.7 Å². The highest BCUT2D eigenvalue weighted by atomic mass is 29.3. The SMILES string of the molecule is C.C.C.C.CC(C)(O)[Si](C)(O[Si](C)(C)C)O[Si](C)(C)[Si](C)(C)C. The van der Waals surface area contributed by atoms with Crippen molar-refractivity contribution in [3.63, 3.8) is 0 Å². The Bertz CT molecular complexity index is 315. The molecule has 0 amide bonds. The van der Waals surface area contributed by atoms with E-state index in [1.165, 1.54) is 0 Å². The Hall–Kier alpha value is 0.748. The van der Waals surface area contributed by atoms with Gasteiger partial charge < -0.3 is 13.3 Å². The van der Waals surface area contributed by atoms with Crippen LogP contribution in [0.5, 0.6) is 0 Å². The lowest BCUT2D eigenvalue weighted by molar-refractivity contribution is 0.111. The van der Waals surface area contributed by atoms with Crippen molar-refractivity contribution < 1.29 is 13.3 Å². The maximum Gasteiger partial charge on any atom is 0.346 e. The Morgan fingerprint density at radius 1 is 0.652 bits per heavy atom. The maximum atomic E-state index is 10.6. The maximum absolute atomic E-state index is 10.6. The molecule has 0 aliphatic rings. The summed E-state index contributed by atoms with van der Waals surface area (Å²) >= 11 is 0. The summed E-state index contributed by atoms with van der Waals surface area (Å²) in [4.78, 5) is 0. The molecule has 1 atom stereocenters. The van der Waals surface area contributed by atoms with Gasteiger partial charge in [-0.2, -0.15) is 0 Å². The third-order valence-electron chi connectivity index (χ3n) is 3.87. The van der Waals surface area contributed by atoms with Gasteiger partial charge in [-0.15, -0.1) is 0 Å². The van der Waals surface area contributed by atoms with Crippen LogP contribution in [0.2, 0.25) is 58.9 Å². The van der Waals surface area contributed by atoms with Crippen LogP contribution >= 0.6 is 0 Å². The molecule has 0 spiro atoms. The Kier molecular flexibility index (Phi) is 15.2. The molecule has 0 aromatic carbocycles. The molecular formula is C16H50O3Si4. The van der Waals surface area contributed by atoms with Crippen LogP contribution < -0.4 is 0 Å². The van der Waals surface area contributed by atoms with Crippen LogP contribution in [0.15, 0.2) is 0 Å². The molecule has 148 valence electrons. The molecule has 0 saturated heterocycles. The number of aliphatic hydroxyl groups is 1. The van der Waals surface area contributed by atoms with E-state index in [1.807, 2.05) is 20.4 Å². The molecule has 0 aliphatic heterocycles. The number of rotatable bonds is 6. The van der Waals surface area contributed by atoms with E-state index in [9.17, 15) is 5.11 Å². The third kappa shape index (κ3) is 10.4. The third-order valence-corrected chi connectivity index (χ3v) is 29.1. The zero-order valence-electron chi connectivity index (χ0n) is 14.8. The van der Waals surface area contributed by atoms with E-state index in [2.05, 4.69) is 52.4 Å². The molecule has 1 N–H and O–H groups in total. The summed E-state index contributed by atoms with van der Waals surface area (Å²) in [5.41, 5.74) is 0. The van der Waals surface area contributed by atoms with Crippen LogP contribution in [0.25, 0.3) is 0 Å². The van der Waals surface area contributed by atoms with Crippen molar-refractivity contribution in [3.05, 3.63) is 0 Å². The highest BCUT2D eigenvalue weighted by Crippen LogP contribution is 2.32. The first kappa shape index (κ1) is 35.0. The minimum Gasteiger partial charge on any atom is -0.437 e. The smallest absolute Gasteiger partial charge is 0.346 e. The van der Waals surface area contributed by atoms with Gasteiger partial charge in [-0.1, -0.05) is 49.3 Å². The van der Waals surface area contributed by atoms with Gasteiger partial charge in [0.15, 0.2) is 16.2 Å². The van der Waals surface area contributed by atoms with E-state index in [4.69, 9.17) is 8.23 Å². The minimum absolute atomic E-state index is 0. The Balaban J connectivity index is -0.000000270. The first-order chi connectivity index (χ1) is 7.91. The zero-order chi connectivity index (χ0) is 15.9. The number of hydrogen-bond donors (Lipinski definition) is 1. The first-order valence-electron chi connectivity index (χ1n) is 7.04. The average Bonchev–Trinajstić information content (AvgIpc) is 1.92. The second-order valence-corrected chi connectivity index (χ2v) is 33.2. The van der Waals surface area contributed by atoms with Gasteiger partial charge in [0.2, 0.25) is 0 Å². The lowest BCUT2D eigenvalue weighted by Crippen LogP contribution is -2.69. The molecule has 0 aliphatic carbocycles. The summed E-state index contributed by atoms with van der Waals surface area (Å²) < 4.78 is 13.0. The van der Waals surface area contributed by atoms with Gasteiger partial charge in [-0.3, -0.25) is 0 Å². The van der Waals surface area contributed by atoms with Crippen molar-refractivity contribution >= 4 is 32.3 Å². The molecule has 3 nitrogen and oxygen atoms in total. The van der Waals surface area contributed by atoms with Gasteiger partial charge in [-0.25, -0.2) is 0 Å². The first-order valence-corrected chi connectivity index (χ1v) is 20.2. The van der Waals surface area contributed by atoms with Gasteiger partial charge in [0.05, 0.1) is 7.59 Å². The molecule has 0 aromatic rings. The fourth-order valence-electron chi connectivity index (χ4n) is 1.49. The van der Waals surface area contributed by atoms with Crippen molar-refractivity contribution in [1.29, 1.82) is 0 Å². The van der Waals surface area contributed by atoms with Crippen molar-refractivity contribution in [2.24, 2.45) is 0 Å². The average molecular weight is 403 g/mol. The lowest BCUT2D eigenvalue weighted by atomic mass is 10.5. The summed E-state index contributed by atoms with van der Waals surface area (Å²) in [6.45, 7) is 23.8. The van der Waals surface area contributed by atoms with Gasteiger partial charge >= 0.3 is 8.56 Å². The Labute approximate surface area is 153 Å². The molecule has 0 aromatic heterocycles. The molecular weight excluding hydrogens is 353 g/mol. The lowest BCUT2D eigenvalue weighted by Gasteiger charge is -2.48. The summed E-state index contributed by atoms with van der Waals surface area (Å²) in [7, 11) is -7.55. The minimum atomic E-state index is -2.62. The van der Waals surface area contributed by atoms with E-state index in [0.29, 0.717) is 0 Å². The highest BCUT2D eigenvalue weighted by molar-refractivity contribution is 7.38. The van der Waals surface area contributed by atoms with Crippen LogP contribution in [0.3, 0.4) is 0 Å². The standard InChI is InChI=1S/C12H34O3Si4.4CH4/c1-12(2,13)19(11,14-16(3,4)5)15-18(9,10)17(6,7)8;;;;/h13H,1-11H3;4*1H4. The fourth-order valence-corrected chi connectivity index (χ4v) is 18.3. The predicted molar refractivity (Wildman–Crippen MR) is 121 cm³/mol. The molecule has 0 fully saturated rings. The second kappa shape index (κ2) is 10.0. The predicted octanol–water partition coefficient (Wildman–Crippen LogP) is 6.40. The van der Waals surface area contributed by atoms with E-state index in [0.717, 1.165) is 0 Å². The normalized spacial score (nSPS) is 15.1. The highest BCUT2D eigenvalue weighted by Gasteiger charge is 2.54. The molecule has 0 rings (SSSR count). The Morgan fingerprint density at radius 3 is 1.13 bits per heavy atom. The van der Waals surface area contributed by atoms with E-state index < -0.39 is 37.5 Å². The number of hydrogen-bond acceptors (Lipinski definition) is 3. The van der Waals surface area contributed by atoms with Crippen LogP contribution in [0.4, 0.5) is 0 Å². The van der Waals surface area contributed by atoms with Gasteiger partial charge in [0.1, 0.15) is 5.22 Å². The molecule has 0 bridgehead atoms. The molecule has 0 saturated carbocycles. The molecule has 1 unspecified atom stereocenters. The molecule has 23 heavy (non-hydrogen) atoms. The van der Waals surface area contributed by atoms with Crippen LogP contribution in [0.1, 0.15) is 43.6 Å². The second-order valence-electron chi connectivity index (χ2n) is 8.58. The summed E-state index contributed by atoms with van der Waals surface area (Å²) in [5.74, 6) is 0. The van der Waals surface area contributed by atoms with Crippen molar-refractivity contribution in [2.45, 2.75) is 108 Å². The zero-order valence-corrected chi connectivity index (χ0v) is 18.8. The van der Waals surface area contributed by atoms with E-state index in [1.54, 1.807) is 0 Å². The summed E-state index contributed by atoms with van der Waals surface area (Å²) in [6, 6.07) is 0. The van der Waals surface area contributed by atoms with Crippen LogP contribution in [0, 0.1) is 0 Å². The molecule has 0 radical (unpaired) electrons. The van der Waals surface area contributed by atoms with Crippen LogP contribution in [-0.4, -0.2) is 42.6 Å². The topological polar surface area (TPSA) is 38.7 Å². The largest absolute Gasteiger partial charge is 0.437 e. The molecule has 7 heteroatoms. The van der Waals surface area contributed by atoms with Gasteiger partial charge in [0, 0.05) is 0 Å². The Morgan fingerprint density at radius 2 is 0.957 bits per heavy atom. The fraction of sp³-hybridized carbons (Fsp3) is 1.00. The van der Waals surface area contributed by atoms with Crippen LogP contribution in [-0.2, 0) is 8.23 Å². The monoisotopic (exact) mass is 402 g/mol. The summed E-state index contributed by atoms with van der Waals surface area (Å²) in [5, 5.41) is 9.72. The molecule has 0 heterocycles. The van der Waals surface area contributed by atoms with Crippen molar-refractivity contribution in [2.75, 3.05) is 0 Å². The summed E-state index contributed by atoms with van der Waals surface area (Å²) in [6.07, 6.45) is 0. The van der Waals surface area contributed by atoms with Crippen molar-refractivity contribution in [1.82, 2.24) is 0 Å². The van der Waals surface area contributed by atoms with Crippen molar-refractivity contribution in [3.8, 4) is 0 Å².